The van der Waals surface area contributed by atoms with Gasteiger partial charge in [-0.1, -0.05) is 6.07 Å². The number of aromatic nitrogens is 1. The average Bonchev–Trinajstić information content (AvgIpc) is 3.16. The van der Waals surface area contributed by atoms with Gasteiger partial charge in [-0.15, -0.1) is 11.3 Å². The van der Waals surface area contributed by atoms with Gasteiger partial charge in [0.1, 0.15) is 16.3 Å². The molecule has 7 nitrogen and oxygen atoms in total. The molecule has 0 spiro atoms. The quantitative estimate of drug-likeness (QED) is 0.804. The van der Waals surface area contributed by atoms with Gasteiger partial charge in [-0.3, -0.25) is 4.79 Å². The van der Waals surface area contributed by atoms with Crippen molar-refractivity contribution in [1.29, 1.82) is 0 Å². The Bertz CT molecular complexity index is 858. The molecule has 0 radical (unpaired) electrons. The minimum absolute atomic E-state index is 0.161. The van der Waals surface area contributed by atoms with Crippen molar-refractivity contribution in [3.05, 3.63) is 40.3 Å². The first-order chi connectivity index (χ1) is 11.9. The fraction of sp³-hybridized carbons (Fsp3) is 0.375. The fourth-order valence-corrected chi connectivity index (χ4v) is 4.92. The summed E-state index contributed by atoms with van der Waals surface area (Å²) in [5, 5.41) is 1.70. The Morgan fingerprint density at radius 3 is 2.56 bits per heavy atom. The van der Waals surface area contributed by atoms with E-state index in [4.69, 9.17) is 4.74 Å². The minimum Gasteiger partial charge on any atom is -0.495 e. The highest BCUT2D eigenvalue weighted by molar-refractivity contribution is 7.89. The third kappa shape index (κ3) is 3.53. The molecule has 25 heavy (non-hydrogen) atoms. The van der Waals surface area contributed by atoms with Gasteiger partial charge in [0, 0.05) is 31.6 Å². The monoisotopic (exact) mass is 381 g/mol. The Morgan fingerprint density at radius 2 is 1.96 bits per heavy atom. The van der Waals surface area contributed by atoms with Crippen LogP contribution in [0.3, 0.4) is 0 Å². The lowest BCUT2D eigenvalue weighted by Gasteiger charge is -2.33. The zero-order chi connectivity index (χ0) is 18.0. The van der Waals surface area contributed by atoms with E-state index in [1.165, 1.54) is 22.8 Å². The van der Waals surface area contributed by atoms with Crippen LogP contribution in [0.5, 0.6) is 5.75 Å². The molecule has 1 aliphatic heterocycles. The molecule has 134 valence electrons. The lowest BCUT2D eigenvalue weighted by Crippen LogP contribution is -2.50. The molecule has 1 aromatic carbocycles. The number of aryl methyl sites for hydroxylation is 1. The Hall–Kier alpha value is -1.97. The van der Waals surface area contributed by atoms with Crippen molar-refractivity contribution in [3.63, 3.8) is 0 Å². The number of hydrogen-bond donors (Lipinski definition) is 0. The van der Waals surface area contributed by atoms with E-state index in [0.29, 0.717) is 24.5 Å². The van der Waals surface area contributed by atoms with Crippen molar-refractivity contribution in [2.24, 2.45) is 0 Å². The standard InChI is InChI=1S/C16H19N3O4S2/c1-12-3-4-14(23-2)15(9-12)25(21,22)19-7-5-18(6-8-19)16(20)13-10-24-11-17-13/h3-4,9-11H,5-8H2,1-2H3. The third-order valence-electron chi connectivity index (χ3n) is 4.11. The number of sulfonamides is 1. The zero-order valence-electron chi connectivity index (χ0n) is 14.0. The molecule has 2 heterocycles. The summed E-state index contributed by atoms with van der Waals surface area (Å²) in [4.78, 5) is 18.1. The van der Waals surface area contributed by atoms with E-state index in [9.17, 15) is 13.2 Å². The predicted molar refractivity (Wildman–Crippen MR) is 94.5 cm³/mol. The summed E-state index contributed by atoms with van der Waals surface area (Å²) in [5.74, 6) is 0.165. The summed E-state index contributed by atoms with van der Waals surface area (Å²) in [6.45, 7) is 3.00. The first-order valence-corrected chi connectivity index (χ1v) is 10.1. The summed E-state index contributed by atoms with van der Waals surface area (Å²) < 4.78 is 32.5. The molecule has 1 aromatic heterocycles. The van der Waals surface area contributed by atoms with Crippen LogP contribution in [0.25, 0.3) is 0 Å². The van der Waals surface area contributed by atoms with Crippen LogP contribution in [-0.4, -0.2) is 61.8 Å². The van der Waals surface area contributed by atoms with Crippen LogP contribution in [0.1, 0.15) is 16.1 Å². The van der Waals surface area contributed by atoms with Gasteiger partial charge in [0.25, 0.3) is 5.91 Å². The van der Waals surface area contributed by atoms with Crippen LogP contribution >= 0.6 is 11.3 Å². The van der Waals surface area contributed by atoms with Gasteiger partial charge in [0.05, 0.1) is 12.6 Å². The van der Waals surface area contributed by atoms with E-state index in [1.807, 2.05) is 13.0 Å². The molecule has 2 aromatic rings. The number of rotatable bonds is 4. The molecule has 0 bridgehead atoms. The molecule has 3 rings (SSSR count). The topological polar surface area (TPSA) is 79.8 Å². The first kappa shape index (κ1) is 17.8. The highest BCUT2D eigenvalue weighted by atomic mass is 32.2. The highest BCUT2D eigenvalue weighted by Gasteiger charge is 2.32. The van der Waals surface area contributed by atoms with Crippen LogP contribution in [0.15, 0.2) is 34.0 Å². The molecular formula is C16H19N3O4S2. The molecule has 1 fully saturated rings. The Labute approximate surface area is 150 Å². The Kier molecular flexibility index (Phi) is 5.07. The van der Waals surface area contributed by atoms with Gasteiger partial charge in [-0.2, -0.15) is 4.31 Å². The fourth-order valence-electron chi connectivity index (χ4n) is 2.74. The van der Waals surface area contributed by atoms with Crippen molar-refractivity contribution in [3.8, 4) is 5.75 Å². The molecule has 0 atom stereocenters. The zero-order valence-corrected chi connectivity index (χ0v) is 15.6. The smallest absolute Gasteiger partial charge is 0.273 e. The van der Waals surface area contributed by atoms with E-state index >= 15 is 0 Å². The van der Waals surface area contributed by atoms with Crippen LogP contribution in [0.4, 0.5) is 0 Å². The molecule has 9 heteroatoms. The van der Waals surface area contributed by atoms with Gasteiger partial charge in [-0.05, 0) is 24.6 Å². The van der Waals surface area contributed by atoms with Crippen molar-refractivity contribution in [2.45, 2.75) is 11.8 Å². The maximum Gasteiger partial charge on any atom is 0.273 e. The number of amides is 1. The number of hydrogen-bond acceptors (Lipinski definition) is 6. The molecule has 1 amide bonds. The molecule has 1 aliphatic rings. The Balaban J connectivity index is 1.76. The molecular weight excluding hydrogens is 362 g/mol. The van der Waals surface area contributed by atoms with E-state index in [2.05, 4.69) is 4.98 Å². The molecule has 0 aliphatic carbocycles. The number of nitrogens with zero attached hydrogens (tertiary/aromatic N) is 3. The summed E-state index contributed by atoms with van der Waals surface area (Å²) >= 11 is 1.36. The number of thiazole rings is 1. The number of ether oxygens (including phenoxy) is 1. The lowest BCUT2D eigenvalue weighted by molar-refractivity contribution is 0.0692. The maximum atomic E-state index is 13.0. The second-order valence-corrected chi connectivity index (χ2v) is 8.35. The number of carbonyl (C=O) groups is 1. The van der Waals surface area contributed by atoms with Crippen LogP contribution in [-0.2, 0) is 10.0 Å². The van der Waals surface area contributed by atoms with E-state index in [0.717, 1.165) is 5.56 Å². The number of benzene rings is 1. The van der Waals surface area contributed by atoms with Crippen LogP contribution in [0.2, 0.25) is 0 Å². The first-order valence-electron chi connectivity index (χ1n) is 7.75. The van der Waals surface area contributed by atoms with Crippen LogP contribution < -0.4 is 4.74 Å². The van der Waals surface area contributed by atoms with Gasteiger partial charge in [0.2, 0.25) is 10.0 Å². The summed E-state index contributed by atoms with van der Waals surface area (Å²) in [7, 11) is -2.22. The van der Waals surface area contributed by atoms with E-state index < -0.39 is 10.0 Å². The normalized spacial score (nSPS) is 16.0. The van der Waals surface area contributed by atoms with Gasteiger partial charge in [0.15, 0.2) is 0 Å². The van der Waals surface area contributed by atoms with Crippen molar-refractivity contribution < 1.29 is 17.9 Å². The van der Waals surface area contributed by atoms with E-state index in [-0.39, 0.29) is 23.9 Å². The predicted octanol–water partition coefficient (Wildman–Crippen LogP) is 1.61. The van der Waals surface area contributed by atoms with Crippen LogP contribution in [0, 0.1) is 6.92 Å². The highest BCUT2D eigenvalue weighted by Crippen LogP contribution is 2.28. The molecule has 1 saturated heterocycles. The van der Waals surface area contributed by atoms with Crippen molar-refractivity contribution in [1.82, 2.24) is 14.2 Å². The van der Waals surface area contributed by atoms with Crippen molar-refractivity contribution in [2.75, 3.05) is 33.3 Å². The van der Waals surface area contributed by atoms with E-state index in [1.54, 1.807) is 27.9 Å². The number of piperazine rings is 1. The Morgan fingerprint density at radius 1 is 1.24 bits per heavy atom. The minimum atomic E-state index is -3.67. The SMILES string of the molecule is COc1ccc(C)cc1S(=O)(=O)N1CCN(C(=O)c2cscn2)CC1. The van der Waals surface area contributed by atoms with Gasteiger partial charge in [-0.25, -0.2) is 13.4 Å². The van der Waals surface area contributed by atoms with Crippen molar-refractivity contribution >= 4 is 27.3 Å². The van der Waals surface area contributed by atoms with Gasteiger partial charge >= 0.3 is 0 Å². The lowest BCUT2D eigenvalue weighted by atomic mass is 10.2. The second-order valence-electron chi connectivity index (χ2n) is 5.72. The molecule has 0 saturated carbocycles. The largest absolute Gasteiger partial charge is 0.495 e. The third-order valence-corrected chi connectivity index (χ3v) is 6.62. The molecule has 0 unspecified atom stereocenters. The maximum absolute atomic E-state index is 13.0. The molecule has 0 N–H and O–H groups in total. The average molecular weight is 381 g/mol. The van der Waals surface area contributed by atoms with Gasteiger partial charge < -0.3 is 9.64 Å². The second kappa shape index (κ2) is 7.11. The summed E-state index contributed by atoms with van der Waals surface area (Å²) in [5.41, 5.74) is 2.86. The summed E-state index contributed by atoms with van der Waals surface area (Å²) in [6, 6.07) is 5.08. The number of carbonyl (C=O) groups excluding carboxylic acids is 1. The number of methoxy groups -OCH3 is 1. The summed E-state index contributed by atoms with van der Waals surface area (Å²) in [6.07, 6.45) is 0.